The Morgan fingerprint density at radius 1 is 1.61 bits per heavy atom. The number of hydrogen-bond acceptors (Lipinski definition) is 3. The molecule has 1 aliphatic heterocycles. The highest BCUT2D eigenvalue weighted by Crippen LogP contribution is 2.33. The number of carbonyl (C=O) groups excluding carboxylic acids is 1. The first-order valence-corrected chi connectivity index (χ1v) is 6.38. The molecule has 0 saturated carbocycles. The number of halogens is 1. The molecule has 2 unspecified atom stereocenters. The molecular weight excluding hydrogens is 252 g/mol. The number of nitrogens with zero attached hydrogens (tertiary/aromatic N) is 1. The average molecular weight is 269 g/mol. The molecule has 0 radical (unpaired) electrons. The zero-order valence-corrected chi connectivity index (χ0v) is 11.0. The largest absolute Gasteiger partial charge is 0.508 e. The van der Waals surface area contributed by atoms with E-state index in [4.69, 9.17) is 17.3 Å². The van der Waals surface area contributed by atoms with Gasteiger partial charge in [0.1, 0.15) is 5.75 Å². The van der Waals surface area contributed by atoms with Crippen LogP contribution in [0.15, 0.2) is 18.2 Å². The van der Waals surface area contributed by atoms with Gasteiger partial charge in [0, 0.05) is 23.2 Å². The zero-order chi connectivity index (χ0) is 13.3. The maximum Gasteiger partial charge on any atom is 0.221 e. The van der Waals surface area contributed by atoms with Crippen LogP contribution in [-0.2, 0) is 4.79 Å². The second-order valence-electron chi connectivity index (χ2n) is 4.76. The molecule has 4 nitrogen and oxygen atoms in total. The lowest BCUT2D eigenvalue weighted by Crippen LogP contribution is -2.29. The van der Waals surface area contributed by atoms with Crippen LogP contribution in [0.1, 0.15) is 24.9 Å². The molecule has 1 fully saturated rings. The van der Waals surface area contributed by atoms with Crippen molar-refractivity contribution in [3.05, 3.63) is 28.8 Å². The molecule has 0 bridgehead atoms. The van der Waals surface area contributed by atoms with Gasteiger partial charge in [-0.1, -0.05) is 11.6 Å². The fraction of sp³-hybridized carbons (Fsp3) is 0.462. The number of hydrogen-bond donors (Lipinski definition) is 2. The van der Waals surface area contributed by atoms with Crippen LogP contribution in [0.4, 0.5) is 0 Å². The van der Waals surface area contributed by atoms with Crippen LogP contribution in [0.3, 0.4) is 0 Å². The number of phenols is 1. The highest BCUT2D eigenvalue weighted by Gasteiger charge is 2.30. The van der Waals surface area contributed by atoms with Gasteiger partial charge < -0.3 is 10.8 Å². The summed E-state index contributed by atoms with van der Waals surface area (Å²) in [6, 6.07) is 5.03. The summed E-state index contributed by atoms with van der Waals surface area (Å²) in [5.74, 6) is -0.108. The van der Waals surface area contributed by atoms with Crippen molar-refractivity contribution in [2.45, 2.75) is 19.4 Å². The predicted molar refractivity (Wildman–Crippen MR) is 70.4 cm³/mol. The minimum Gasteiger partial charge on any atom is -0.508 e. The summed E-state index contributed by atoms with van der Waals surface area (Å²) in [5, 5.41) is 10.5. The molecule has 1 aromatic rings. The third kappa shape index (κ3) is 2.60. The fourth-order valence-corrected chi connectivity index (χ4v) is 2.61. The molecule has 1 saturated heterocycles. The van der Waals surface area contributed by atoms with Crippen molar-refractivity contribution < 1.29 is 9.90 Å². The number of nitrogens with two attached hydrogens (primary N) is 1. The molecule has 98 valence electrons. The molecule has 0 aromatic heterocycles. The predicted octanol–water partition coefficient (Wildman–Crippen LogP) is 1.91. The summed E-state index contributed by atoms with van der Waals surface area (Å²) in [6.07, 6.45) is 0.779. The number of amides is 1. The highest BCUT2D eigenvalue weighted by molar-refractivity contribution is 6.30. The third-order valence-corrected chi connectivity index (χ3v) is 3.84. The number of aromatic hydroxyl groups is 1. The summed E-state index contributed by atoms with van der Waals surface area (Å²) < 4.78 is 0. The topological polar surface area (TPSA) is 66.6 Å². The maximum absolute atomic E-state index is 11.2. The molecule has 0 aliphatic carbocycles. The fourth-order valence-electron chi connectivity index (χ4n) is 2.43. The normalized spacial score (nSPS) is 22.0. The maximum atomic E-state index is 11.2. The quantitative estimate of drug-likeness (QED) is 0.880. The zero-order valence-electron chi connectivity index (χ0n) is 10.3. The molecule has 2 rings (SSSR count). The minimum atomic E-state index is -0.250. The SMILES string of the molecule is CC(c1cc(Cl)ccc1O)N1CCC(C(N)=O)C1. The molecule has 1 heterocycles. The van der Waals surface area contributed by atoms with Gasteiger partial charge in [0.25, 0.3) is 0 Å². The lowest BCUT2D eigenvalue weighted by atomic mass is 10.1. The second-order valence-corrected chi connectivity index (χ2v) is 5.20. The van der Waals surface area contributed by atoms with Crippen molar-refractivity contribution in [3.63, 3.8) is 0 Å². The molecule has 0 spiro atoms. The monoisotopic (exact) mass is 268 g/mol. The Morgan fingerprint density at radius 3 is 2.94 bits per heavy atom. The molecule has 18 heavy (non-hydrogen) atoms. The molecule has 1 aromatic carbocycles. The van der Waals surface area contributed by atoms with Crippen molar-refractivity contribution in [2.24, 2.45) is 11.7 Å². The van der Waals surface area contributed by atoms with Crippen molar-refractivity contribution >= 4 is 17.5 Å². The molecule has 3 N–H and O–H groups in total. The number of benzene rings is 1. The van der Waals surface area contributed by atoms with Gasteiger partial charge in [0.2, 0.25) is 5.91 Å². The van der Waals surface area contributed by atoms with Gasteiger partial charge in [0.15, 0.2) is 0 Å². The first-order valence-electron chi connectivity index (χ1n) is 6.01. The smallest absolute Gasteiger partial charge is 0.221 e. The van der Waals surface area contributed by atoms with E-state index in [2.05, 4.69) is 4.90 Å². The molecule has 5 heteroatoms. The third-order valence-electron chi connectivity index (χ3n) is 3.61. The van der Waals surface area contributed by atoms with Gasteiger partial charge >= 0.3 is 0 Å². The minimum absolute atomic E-state index is 0.0213. The van der Waals surface area contributed by atoms with E-state index >= 15 is 0 Å². The van der Waals surface area contributed by atoms with Crippen LogP contribution in [0.5, 0.6) is 5.75 Å². The average Bonchev–Trinajstić information content (AvgIpc) is 2.81. The van der Waals surface area contributed by atoms with E-state index in [1.807, 2.05) is 6.92 Å². The van der Waals surface area contributed by atoms with E-state index in [1.165, 1.54) is 0 Å². The van der Waals surface area contributed by atoms with Crippen LogP contribution in [0.25, 0.3) is 0 Å². The number of phenolic OH excluding ortho intramolecular Hbond substituents is 1. The molecular formula is C13H17ClN2O2. The number of likely N-dealkylation sites (tertiary alicyclic amines) is 1. The van der Waals surface area contributed by atoms with Crippen LogP contribution >= 0.6 is 11.6 Å². The van der Waals surface area contributed by atoms with Gasteiger partial charge in [-0.15, -0.1) is 0 Å². The Hall–Kier alpha value is -1.26. The Balaban J connectivity index is 2.15. The highest BCUT2D eigenvalue weighted by atomic mass is 35.5. The van der Waals surface area contributed by atoms with Crippen LogP contribution < -0.4 is 5.73 Å². The summed E-state index contributed by atoms with van der Waals surface area (Å²) in [6.45, 7) is 3.44. The van der Waals surface area contributed by atoms with Crippen LogP contribution in [-0.4, -0.2) is 29.0 Å². The lowest BCUT2D eigenvalue weighted by Gasteiger charge is -2.25. The first-order chi connectivity index (χ1) is 8.49. The van der Waals surface area contributed by atoms with E-state index in [1.54, 1.807) is 18.2 Å². The van der Waals surface area contributed by atoms with Gasteiger partial charge in [-0.25, -0.2) is 0 Å². The molecule has 1 amide bonds. The van der Waals surface area contributed by atoms with Crippen molar-refractivity contribution in [1.82, 2.24) is 4.90 Å². The summed E-state index contributed by atoms with van der Waals surface area (Å²) in [4.78, 5) is 13.3. The van der Waals surface area contributed by atoms with Crippen molar-refractivity contribution in [1.29, 1.82) is 0 Å². The van der Waals surface area contributed by atoms with Crippen LogP contribution in [0.2, 0.25) is 5.02 Å². The van der Waals surface area contributed by atoms with E-state index in [0.717, 1.165) is 18.5 Å². The van der Waals surface area contributed by atoms with E-state index in [9.17, 15) is 9.90 Å². The van der Waals surface area contributed by atoms with Crippen molar-refractivity contribution in [3.8, 4) is 5.75 Å². The Morgan fingerprint density at radius 2 is 2.33 bits per heavy atom. The van der Waals surface area contributed by atoms with Crippen molar-refractivity contribution in [2.75, 3.05) is 13.1 Å². The number of rotatable bonds is 3. The van der Waals surface area contributed by atoms with Gasteiger partial charge in [-0.2, -0.15) is 0 Å². The van der Waals surface area contributed by atoms with Crippen LogP contribution in [0, 0.1) is 5.92 Å². The summed E-state index contributed by atoms with van der Waals surface area (Å²) in [7, 11) is 0. The van der Waals surface area contributed by atoms with Gasteiger partial charge in [0.05, 0.1) is 5.92 Å². The van der Waals surface area contributed by atoms with E-state index in [-0.39, 0.29) is 23.6 Å². The number of carbonyl (C=O) groups is 1. The first kappa shape index (κ1) is 13.2. The Kier molecular flexibility index (Phi) is 3.78. The standard InChI is InChI=1S/C13H17ClN2O2/c1-8(11-6-10(14)2-3-12(11)17)16-5-4-9(7-16)13(15)18/h2-3,6,8-9,17H,4-5,7H2,1H3,(H2,15,18). The van der Waals surface area contributed by atoms with E-state index in [0.29, 0.717) is 11.6 Å². The molecule has 1 aliphatic rings. The lowest BCUT2D eigenvalue weighted by molar-refractivity contribution is -0.121. The second kappa shape index (κ2) is 5.16. The van der Waals surface area contributed by atoms with Gasteiger partial charge in [-0.05, 0) is 38.1 Å². The summed E-state index contributed by atoms with van der Waals surface area (Å²) >= 11 is 5.94. The Labute approximate surface area is 111 Å². The summed E-state index contributed by atoms with van der Waals surface area (Å²) in [5.41, 5.74) is 6.10. The molecule has 2 atom stereocenters. The van der Waals surface area contributed by atoms with Gasteiger partial charge in [-0.3, -0.25) is 9.69 Å². The number of primary amides is 1. The Bertz CT molecular complexity index is 464. The van der Waals surface area contributed by atoms with E-state index < -0.39 is 0 Å².